The number of amides is 1. The highest BCUT2D eigenvalue weighted by atomic mass is 16.3. The summed E-state index contributed by atoms with van der Waals surface area (Å²) in [6.07, 6.45) is 5.33. The molecule has 130 valence electrons. The lowest BCUT2D eigenvalue weighted by molar-refractivity contribution is -0.121. The van der Waals surface area contributed by atoms with Crippen LogP contribution in [-0.2, 0) is 22.4 Å². The van der Waals surface area contributed by atoms with Crippen LogP contribution in [0.4, 0.5) is 0 Å². The van der Waals surface area contributed by atoms with Gasteiger partial charge in [0.2, 0.25) is 0 Å². The fourth-order valence-corrected chi connectivity index (χ4v) is 3.28. The van der Waals surface area contributed by atoms with Crippen LogP contribution in [0.25, 0.3) is 10.9 Å². The predicted octanol–water partition coefficient (Wildman–Crippen LogP) is 3.12. The number of carbonyl (C=O) groups is 2. The van der Waals surface area contributed by atoms with E-state index in [1.807, 2.05) is 18.3 Å². The number of H-pyrrole nitrogens is 1. The van der Waals surface area contributed by atoms with Gasteiger partial charge in [-0.25, -0.2) is 0 Å². The number of benzene rings is 1. The highest BCUT2D eigenvalue weighted by Crippen LogP contribution is 2.27. The van der Waals surface area contributed by atoms with Gasteiger partial charge in [-0.1, -0.05) is 23.8 Å². The molecule has 3 rings (SSSR count). The number of fused-ring (bicyclic) bond motifs is 1. The summed E-state index contributed by atoms with van der Waals surface area (Å²) in [5.41, 5.74) is 4.34. The van der Waals surface area contributed by atoms with E-state index in [-0.39, 0.29) is 11.3 Å². The Hall–Kier alpha value is -2.82. The van der Waals surface area contributed by atoms with E-state index in [1.165, 1.54) is 18.1 Å². The van der Waals surface area contributed by atoms with Crippen molar-refractivity contribution in [3.05, 3.63) is 58.5 Å². The first-order valence-electron chi connectivity index (χ1n) is 8.34. The molecule has 0 saturated heterocycles. The SMILES string of the molecule is CC(=O)C1=C(O)C(Cc2c[nH]c3cccc(CC=C(C)C)c23)NC1=O. The Balaban J connectivity index is 1.96. The summed E-state index contributed by atoms with van der Waals surface area (Å²) in [5, 5.41) is 14.1. The molecule has 1 amide bonds. The molecule has 3 N–H and O–H groups in total. The molecular weight excluding hydrogens is 316 g/mol. The molecule has 0 bridgehead atoms. The quantitative estimate of drug-likeness (QED) is 0.579. The van der Waals surface area contributed by atoms with E-state index in [4.69, 9.17) is 0 Å². The largest absolute Gasteiger partial charge is 0.509 e. The molecule has 2 aromatic rings. The third kappa shape index (κ3) is 3.22. The minimum absolute atomic E-state index is 0.130. The molecule has 1 unspecified atom stereocenters. The Morgan fingerprint density at radius 1 is 1.24 bits per heavy atom. The number of hydrogen-bond acceptors (Lipinski definition) is 3. The number of aromatic amines is 1. The fraction of sp³-hybridized carbons (Fsp3) is 0.300. The molecule has 2 heterocycles. The highest BCUT2D eigenvalue weighted by molar-refractivity contribution is 6.20. The molecule has 0 aliphatic carbocycles. The molecule has 1 aliphatic heterocycles. The van der Waals surface area contributed by atoms with Gasteiger partial charge in [0.25, 0.3) is 5.91 Å². The van der Waals surface area contributed by atoms with Gasteiger partial charge < -0.3 is 15.4 Å². The molecule has 0 radical (unpaired) electrons. The summed E-state index contributed by atoms with van der Waals surface area (Å²) in [6, 6.07) is 5.54. The lowest BCUT2D eigenvalue weighted by Crippen LogP contribution is -2.31. The molecule has 1 aliphatic rings. The standard InChI is InChI=1S/C20H22N2O3/c1-11(2)7-8-13-5-4-6-15-18(13)14(10-21-15)9-16-19(24)17(12(3)23)20(25)22-16/h4-7,10,16,21,24H,8-9H2,1-3H3,(H,22,25). The number of hydrogen-bond donors (Lipinski definition) is 3. The molecule has 1 atom stereocenters. The van der Waals surface area contributed by atoms with E-state index < -0.39 is 17.7 Å². The van der Waals surface area contributed by atoms with Gasteiger partial charge in [-0.05, 0) is 44.4 Å². The number of ketones is 1. The van der Waals surface area contributed by atoms with Gasteiger partial charge in [0.05, 0.1) is 6.04 Å². The number of allylic oxidation sites excluding steroid dienone is 2. The van der Waals surface area contributed by atoms with E-state index in [2.05, 4.69) is 36.3 Å². The van der Waals surface area contributed by atoms with Crippen molar-refractivity contribution in [2.45, 2.75) is 39.7 Å². The van der Waals surface area contributed by atoms with E-state index >= 15 is 0 Å². The Bertz CT molecular complexity index is 914. The van der Waals surface area contributed by atoms with Crippen LogP contribution in [-0.4, -0.2) is 27.8 Å². The van der Waals surface area contributed by atoms with Gasteiger partial charge in [-0.15, -0.1) is 0 Å². The van der Waals surface area contributed by atoms with Crippen LogP contribution in [0.3, 0.4) is 0 Å². The first-order valence-corrected chi connectivity index (χ1v) is 8.34. The molecule has 1 aromatic heterocycles. The number of carbonyl (C=O) groups excluding carboxylic acids is 2. The second kappa shape index (κ2) is 6.59. The van der Waals surface area contributed by atoms with Crippen molar-refractivity contribution in [2.75, 3.05) is 0 Å². The van der Waals surface area contributed by atoms with Crippen LogP contribution < -0.4 is 5.32 Å². The van der Waals surface area contributed by atoms with Crippen LogP contribution in [0.5, 0.6) is 0 Å². The Morgan fingerprint density at radius 2 is 2.00 bits per heavy atom. The topological polar surface area (TPSA) is 82.2 Å². The number of aromatic nitrogens is 1. The number of nitrogens with one attached hydrogen (secondary N) is 2. The van der Waals surface area contributed by atoms with Gasteiger partial charge >= 0.3 is 0 Å². The minimum atomic E-state index is -0.568. The molecule has 0 spiro atoms. The maximum absolute atomic E-state index is 11.9. The first kappa shape index (κ1) is 17.0. The van der Waals surface area contributed by atoms with Gasteiger partial charge in [-0.2, -0.15) is 0 Å². The summed E-state index contributed by atoms with van der Waals surface area (Å²) in [6.45, 7) is 5.42. The maximum Gasteiger partial charge on any atom is 0.259 e. The Labute approximate surface area is 146 Å². The molecule has 0 saturated carbocycles. The van der Waals surface area contributed by atoms with Gasteiger partial charge in [0.15, 0.2) is 5.78 Å². The molecule has 0 fully saturated rings. The van der Waals surface area contributed by atoms with Crippen molar-refractivity contribution in [3.63, 3.8) is 0 Å². The number of rotatable bonds is 5. The molecular formula is C20H22N2O3. The van der Waals surface area contributed by atoms with Crippen LogP contribution in [0.2, 0.25) is 0 Å². The molecule has 25 heavy (non-hydrogen) atoms. The Morgan fingerprint density at radius 3 is 2.64 bits per heavy atom. The predicted molar refractivity (Wildman–Crippen MR) is 97.4 cm³/mol. The summed E-state index contributed by atoms with van der Waals surface area (Å²) < 4.78 is 0. The normalized spacial score (nSPS) is 17.1. The number of aliphatic hydroxyl groups excluding tert-OH is 1. The van der Waals surface area contributed by atoms with Crippen molar-refractivity contribution < 1.29 is 14.7 Å². The van der Waals surface area contributed by atoms with Gasteiger partial charge in [-0.3, -0.25) is 9.59 Å². The van der Waals surface area contributed by atoms with Gasteiger partial charge in [0, 0.05) is 23.5 Å². The van der Waals surface area contributed by atoms with E-state index in [0.717, 1.165) is 22.9 Å². The van der Waals surface area contributed by atoms with Crippen molar-refractivity contribution in [1.29, 1.82) is 0 Å². The average Bonchev–Trinajstić information content (AvgIpc) is 3.07. The summed E-state index contributed by atoms with van der Waals surface area (Å²) in [5.74, 6) is -1.08. The van der Waals surface area contributed by atoms with Gasteiger partial charge in [0.1, 0.15) is 11.3 Å². The molecule has 5 heteroatoms. The zero-order valence-corrected chi connectivity index (χ0v) is 14.6. The van der Waals surface area contributed by atoms with E-state index in [1.54, 1.807) is 0 Å². The maximum atomic E-state index is 11.9. The summed E-state index contributed by atoms with van der Waals surface area (Å²) >= 11 is 0. The van der Waals surface area contributed by atoms with Crippen molar-refractivity contribution >= 4 is 22.6 Å². The average molecular weight is 338 g/mol. The third-order valence-corrected chi connectivity index (χ3v) is 4.50. The van der Waals surface area contributed by atoms with Crippen LogP contribution in [0.1, 0.15) is 31.9 Å². The molecule has 5 nitrogen and oxygen atoms in total. The monoisotopic (exact) mass is 338 g/mol. The minimum Gasteiger partial charge on any atom is -0.509 e. The second-order valence-corrected chi connectivity index (χ2v) is 6.69. The van der Waals surface area contributed by atoms with Crippen LogP contribution in [0.15, 0.2) is 47.4 Å². The van der Waals surface area contributed by atoms with Crippen molar-refractivity contribution in [1.82, 2.24) is 10.3 Å². The van der Waals surface area contributed by atoms with Crippen molar-refractivity contribution in [3.8, 4) is 0 Å². The van der Waals surface area contributed by atoms with E-state index in [9.17, 15) is 14.7 Å². The highest BCUT2D eigenvalue weighted by Gasteiger charge is 2.34. The first-order chi connectivity index (χ1) is 11.9. The number of aliphatic hydroxyl groups is 1. The third-order valence-electron chi connectivity index (χ3n) is 4.50. The van der Waals surface area contributed by atoms with Crippen molar-refractivity contribution in [2.24, 2.45) is 0 Å². The van der Waals surface area contributed by atoms with Crippen LogP contribution in [0, 0.1) is 0 Å². The van der Waals surface area contributed by atoms with Crippen LogP contribution >= 0.6 is 0 Å². The smallest absolute Gasteiger partial charge is 0.259 e. The fourth-order valence-electron chi connectivity index (χ4n) is 3.28. The number of Topliss-reactive ketones (excluding diaryl/α,β-unsaturated/α-hetero) is 1. The second-order valence-electron chi connectivity index (χ2n) is 6.69. The Kier molecular flexibility index (Phi) is 4.49. The van der Waals surface area contributed by atoms with E-state index in [0.29, 0.717) is 6.42 Å². The zero-order chi connectivity index (χ0) is 18.1. The lowest BCUT2D eigenvalue weighted by Gasteiger charge is -2.11. The lowest BCUT2D eigenvalue weighted by atomic mass is 9.98. The summed E-state index contributed by atoms with van der Waals surface area (Å²) in [4.78, 5) is 26.7. The zero-order valence-electron chi connectivity index (χ0n) is 14.6. The summed E-state index contributed by atoms with van der Waals surface area (Å²) in [7, 11) is 0. The molecule has 1 aromatic carbocycles.